The van der Waals surface area contributed by atoms with Gasteiger partial charge in [0.05, 0.1) is 13.2 Å². The van der Waals surface area contributed by atoms with E-state index in [0.29, 0.717) is 6.42 Å². The van der Waals surface area contributed by atoms with Crippen LogP contribution in [0.5, 0.6) is 0 Å². The zero-order chi connectivity index (χ0) is 10.5. The molecule has 0 saturated heterocycles. The van der Waals surface area contributed by atoms with Gasteiger partial charge in [-0.15, -0.1) is 0 Å². The second kappa shape index (κ2) is 5.39. The summed E-state index contributed by atoms with van der Waals surface area (Å²) in [7, 11) is -4.34. The quantitative estimate of drug-likeness (QED) is 0.551. The predicted octanol–water partition coefficient (Wildman–Crippen LogP) is 3.59. The third-order valence-electron chi connectivity index (χ3n) is 1.07. The van der Waals surface area contributed by atoms with Crippen molar-refractivity contribution in [1.29, 1.82) is 0 Å². The Morgan fingerprint density at radius 3 is 2.23 bits per heavy atom. The summed E-state index contributed by atoms with van der Waals surface area (Å²) in [6.45, 7) is 3.10. The van der Waals surface area contributed by atoms with Crippen molar-refractivity contribution in [3.8, 4) is 0 Å². The number of rotatable bonds is 6. The Labute approximate surface area is 84.5 Å². The van der Waals surface area contributed by atoms with Gasteiger partial charge in [-0.2, -0.15) is 8.78 Å². The van der Waals surface area contributed by atoms with Gasteiger partial charge in [-0.3, -0.25) is 4.57 Å². The Hall–Kier alpha value is 0.490. The van der Waals surface area contributed by atoms with Gasteiger partial charge < -0.3 is 9.05 Å². The summed E-state index contributed by atoms with van der Waals surface area (Å²) in [5, 5.41) is 0. The first-order valence-electron chi connectivity index (χ1n) is 3.83. The van der Waals surface area contributed by atoms with E-state index in [9.17, 15) is 13.3 Å². The Kier molecular flexibility index (Phi) is 5.59. The Morgan fingerprint density at radius 1 is 1.38 bits per heavy atom. The van der Waals surface area contributed by atoms with Crippen LogP contribution in [0.25, 0.3) is 0 Å². The fourth-order valence-corrected chi connectivity index (χ4v) is 2.31. The number of hydrogen-bond donors (Lipinski definition) is 0. The zero-order valence-corrected chi connectivity index (χ0v) is 9.91. The molecule has 0 aliphatic heterocycles. The van der Waals surface area contributed by atoms with Crippen LogP contribution >= 0.6 is 23.5 Å². The Bertz CT molecular complexity index is 195. The van der Waals surface area contributed by atoms with Crippen LogP contribution in [0, 0.1) is 0 Å². The first-order valence-corrected chi connectivity index (χ1v) is 6.17. The molecule has 0 spiro atoms. The molecule has 3 nitrogen and oxygen atoms in total. The van der Waals surface area contributed by atoms with Gasteiger partial charge in [0.15, 0.2) is 0 Å². The van der Waals surface area contributed by atoms with E-state index in [1.165, 1.54) is 6.92 Å². The third-order valence-corrected chi connectivity index (χ3v) is 4.12. The molecule has 7 heteroatoms. The molecule has 0 aliphatic rings. The fraction of sp³-hybridized carbons (Fsp3) is 1.00. The molecule has 0 aromatic carbocycles. The maximum Gasteiger partial charge on any atom is 0.410 e. The van der Waals surface area contributed by atoms with Crippen molar-refractivity contribution in [2.24, 2.45) is 0 Å². The Morgan fingerprint density at radius 2 is 1.92 bits per heavy atom. The summed E-state index contributed by atoms with van der Waals surface area (Å²) in [5.41, 5.74) is 0. The van der Waals surface area contributed by atoms with Crippen molar-refractivity contribution in [3.05, 3.63) is 0 Å². The monoisotopic (exact) mass is 280 g/mol. The predicted molar refractivity (Wildman–Crippen MR) is 49.3 cm³/mol. The molecule has 0 radical (unpaired) electrons. The SMILES string of the molecule is CCCOP(=O)(OCC)C(F)(F)Br. The lowest BCUT2D eigenvalue weighted by Crippen LogP contribution is -2.12. The summed E-state index contributed by atoms with van der Waals surface area (Å²) in [5.74, 6) is 0. The zero-order valence-electron chi connectivity index (χ0n) is 7.43. The molecule has 0 N–H and O–H groups in total. The van der Waals surface area contributed by atoms with Gasteiger partial charge in [-0.1, -0.05) is 6.92 Å². The lowest BCUT2D eigenvalue weighted by atomic mass is 10.5. The molecule has 1 atom stereocenters. The molecule has 0 amide bonds. The van der Waals surface area contributed by atoms with Gasteiger partial charge >= 0.3 is 12.2 Å². The van der Waals surface area contributed by atoms with Crippen LogP contribution in [0.15, 0.2) is 0 Å². The topological polar surface area (TPSA) is 35.5 Å². The van der Waals surface area contributed by atoms with Crippen molar-refractivity contribution in [3.63, 3.8) is 0 Å². The molecule has 0 fully saturated rings. The highest BCUT2D eigenvalue weighted by Crippen LogP contribution is 2.64. The van der Waals surface area contributed by atoms with Crippen LogP contribution in [-0.2, 0) is 13.6 Å². The minimum atomic E-state index is -4.34. The van der Waals surface area contributed by atoms with Crippen molar-refractivity contribution in [1.82, 2.24) is 0 Å². The minimum Gasteiger partial charge on any atom is -0.304 e. The van der Waals surface area contributed by atoms with Gasteiger partial charge in [0, 0.05) is 15.9 Å². The minimum absolute atomic E-state index is 0.0154. The Balaban J connectivity index is 4.44. The van der Waals surface area contributed by atoms with Crippen molar-refractivity contribution in [2.45, 2.75) is 24.8 Å². The summed E-state index contributed by atoms with van der Waals surface area (Å²) in [6, 6.07) is 0. The summed E-state index contributed by atoms with van der Waals surface area (Å²) in [6.07, 6.45) is 0.500. The highest BCUT2D eigenvalue weighted by atomic mass is 79.9. The molecular formula is C6H12BrF2O3P. The number of halogens is 3. The van der Waals surface area contributed by atoms with Gasteiger partial charge in [-0.05, 0) is 13.3 Å². The van der Waals surface area contributed by atoms with Crippen LogP contribution in [0.2, 0.25) is 0 Å². The van der Waals surface area contributed by atoms with Gasteiger partial charge in [0.1, 0.15) is 0 Å². The van der Waals surface area contributed by atoms with Crippen LogP contribution in [0.4, 0.5) is 8.78 Å². The molecule has 1 unspecified atom stereocenters. The van der Waals surface area contributed by atoms with Crippen molar-refractivity contribution < 1.29 is 22.4 Å². The normalized spacial score (nSPS) is 17.0. The smallest absolute Gasteiger partial charge is 0.304 e. The average molecular weight is 281 g/mol. The summed E-state index contributed by atoms with van der Waals surface area (Å²) in [4.78, 5) is 0. The maximum atomic E-state index is 12.7. The molecule has 0 aliphatic carbocycles. The average Bonchev–Trinajstić information content (AvgIpc) is 1.99. The molecule has 13 heavy (non-hydrogen) atoms. The van der Waals surface area contributed by atoms with Crippen molar-refractivity contribution in [2.75, 3.05) is 13.2 Å². The van der Waals surface area contributed by atoms with Crippen LogP contribution in [-0.4, -0.2) is 17.8 Å². The van der Waals surface area contributed by atoms with Gasteiger partial charge in [0.2, 0.25) is 0 Å². The first-order chi connectivity index (χ1) is 5.87. The standard InChI is InChI=1S/C6H12BrF2O3P/c1-3-5-12-13(10,11-4-2)6(7,8)9/h3-5H2,1-2H3. The van der Waals surface area contributed by atoms with Crippen molar-refractivity contribution >= 4 is 23.5 Å². The highest BCUT2D eigenvalue weighted by Gasteiger charge is 2.51. The first kappa shape index (κ1) is 13.5. The van der Waals surface area contributed by atoms with E-state index in [-0.39, 0.29) is 13.2 Å². The van der Waals surface area contributed by atoms with Crippen LogP contribution in [0.1, 0.15) is 20.3 Å². The molecule has 80 valence electrons. The second-order valence-electron chi connectivity index (χ2n) is 2.22. The van der Waals surface area contributed by atoms with E-state index < -0.39 is 12.2 Å². The molecule has 0 rings (SSSR count). The number of alkyl halides is 3. The van der Waals surface area contributed by atoms with E-state index in [0.717, 1.165) is 0 Å². The van der Waals surface area contributed by atoms with Crippen LogP contribution < -0.4 is 0 Å². The largest absolute Gasteiger partial charge is 0.410 e. The molecule has 0 bridgehead atoms. The van der Waals surface area contributed by atoms with E-state index in [1.54, 1.807) is 6.92 Å². The van der Waals surface area contributed by atoms with Gasteiger partial charge in [-0.25, -0.2) is 0 Å². The summed E-state index contributed by atoms with van der Waals surface area (Å²) >= 11 is 1.99. The van der Waals surface area contributed by atoms with E-state index in [1.807, 2.05) is 15.9 Å². The maximum absolute atomic E-state index is 12.7. The summed E-state index contributed by atoms with van der Waals surface area (Å²) < 4.78 is 42.1. The third kappa shape index (κ3) is 4.02. The molecule has 0 heterocycles. The van der Waals surface area contributed by atoms with E-state index in [2.05, 4.69) is 9.05 Å². The van der Waals surface area contributed by atoms with E-state index in [4.69, 9.17) is 0 Å². The van der Waals surface area contributed by atoms with E-state index >= 15 is 0 Å². The second-order valence-corrected chi connectivity index (χ2v) is 5.90. The fourth-order valence-electron chi connectivity index (χ4n) is 0.565. The molecule has 0 aromatic heterocycles. The lowest BCUT2D eigenvalue weighted by molar-refractivity contribution is 0.114. The lowest BCUT2D eigenvalue weighted by Gasteiger charge is -2.21. The van der Waals surface area contributed by atoms with Crippen LogP contribution in [0.3, 0.4) is 0 Å². The molecular weight excluding hydrogens is 269 g/mol. The number of hydrogen-bond acceptors (Lipinski definition) is 3. The molecule has 0 aromatic rings. The molecule has 0 saturated carbocycles. The highest BCUT2D eigenvalue weighted by molar-refractivity contribution is 9.11. The van der Waals surface area contributed by atoms with Gasteiger partial charge in [0.25, 0.3) is 0 Å².